The van der Waals surface area contributed by atoms with Crippen molar-refractivity contribution in [2.75, 3.05) is 19.7 Å². The number of likely N-dealkylation sites (tertiary alicyclic amines) is 1. The summed E-state index contributed by atoms with van der Waals surface area (Å²) in [6, 6.07) is 2.60. The largest absolute Gasteiger partial charge is 0.478 e. The average molecular weight is 346 g/mol. The van der Waals surface area contributed by atoms with Crippen LogP contribution in [-0.2, 0) is 4.74 Å². The zero-order chi connectivity index (χ0) is 17.7. The van der Waals surface area contributed by atoms with Crippen molar-refractivity contribution in [2.24, 2.45) is 0 Å². The molecule has 0 aromatic carbocycles. The van der Waals surface area contributed by atoms with E-state index in [4.69, 9.17) is 9.84 Å². The van der Waals surface area contributed by atoms with E-state index in [1.807, 2.05) is 0 Å². The Morgan fingerprint density at radius 1 is 1.38 bits per heavy atom. The number of amides is 1. The van der Waals surface area contributed by atoms with Gasteiger partial charge in [0.05, 0.1) is 24.7 Å². The molecule has 1 aromatic rings. The molecule has 1 atom stereocenters. The molecule has 2 rings (SSSR count). The molecule has 24 heavy (non-hydrogen) atoms. The van der Waals surface area contributed by atoms with Crippen LogP contribution in [-0.4, -0.2) is 58.8 Å². The molecule has 1 unspecified atom stereocenters. The highest BCUT2D eigenvalue weighted by molar-refractivity contribution is 5.93. The van der Waals surface area contributed by atoms with Gasteiger partial charge in [0.25, 0.3) is 5.91 Å². The van der Waals surface area contributed by atoms with E-state index in [0.717, 1.165) is 6.20 Å². The number of aromatic nitrogens is 1. The number of hydrogen-bond acceptors (Lipinski definition) is 4. The molecule has 0 spiro atoms. The first-order valence-corrected chi connectivity index (χ1v) is 7.43. The smallest absolute Gasteiger partial charge is 0.391 e. The normalized spacial score (nSPS) is 18.5. The molecule has 1 aromatic heterocycles. The minimum absolute atomic E-state index is 0.0291. The summed E-state index contributed by atoms with van der Waals surface area (Å²) in [5, 5.41) is 8.81. The van der Waals surface area contributed by atoms with Crippen LogP contribution >= 0.6 is 0 Å². The van der Waals surface area contributed by atoms with Crippen molar-refractivity contribution in [1.29, 1.82) is 0 Å². The van der Waals surface area contributed by atoms with E-state index in [1.165, 1.54) is 17.0 Å². The van der Waals surface area contributed by atoms with Gasteiger partial charge in [-0.3, -0.25) is 9.78 Å². The highest BCUT2D eigenvalue weighted by atomic mass is 19.4. The van der Waals surface area contributed by atoms with Crippen molar-refractivity contribution in [2.45, 2.75) is 31.5 Å². The Labute approximate surface area is 136 Å². The monoisotopic (exact) mass is 346 g/mol. The van der Waals surface area contributed by atoms with Crippen molar-refractivity contribution in [3.8, 4) is 0 Å². The van der Waals surface area contributed by atoms with Gasteiger partial charge in [-0.1, -0.05) is 0 Å². The standard InChI is InChI=1S/C15H17F3N2O4/c16-15(17,18)5-7-24-11-2-1-6-20(9-11)13(21)12-4-3-10(8-19-12)14(22)23/h3-4,8,11H,1-2,5-7,9H2,(H,22,23). The molecule has 0 saturated carbocycles. The lowest BCUT2D eigenvalue weighted by Crippen LogP contribution is -2.43. The first kappa shape index (κ1) is 18.2. The molecule has 1 saturated heterocycles. The van der Waals surface area contributed by atoms with Crippen molar-refractivity contribution in [1.82, 2.24) is 9.88 Å². The number of carbonyl (C=O) groups excluding carboxylic acids is 1. The van der Waals surface area contributed by atoms with Gasteiger partial charge in [0.15, 0.2) is 0 Å². The highest BCUT2D eigenvalue weighted by Crippen LogP contribution is 2.21. The van der Waals surface area contributed by atoms with Gasteiger partial charge in [0, 0.05) is 19.3 Å². The third kappa shape index (κ3) is 5.19. The fraction of sp³-hybridized carbons (Fsp3) is 0.533. The van der Waals surface area contributed by atoms with E-state index >= 15 is 0 Å². The molecule has 1 fully saturated rings. The van der Waals surface area contributed by atoms with Crippen molar-refractivity contribution >= 4 is 11.9 Å². The summed E-state index contributed by atoms with van der Waals surface area (Å²) in [5.41, 5.74) is 0.0643. The highest BCUT2D eigenvalue weighted by Gasteiger charge is 2.29. The number of halogens is 3. The average Bonchev–Trinajstić information content (AvgIpc) is 2.53. The van der Waals surface area contributed by atoms with E-state index in [2.05, 4.69) is 4.98 Å². The number of carbonyl (C=O) groups is 2. The molecule has 1 aliphatic heterocycles. The lowest BCUT2D eigenvalue weighted by molar-refractivity contribution is -0.150. The van der Waals surface area contributed by atoms with Gasteiger partial charge in [-0.15, -0.1) is 0 Å². The minimum Gasteiger partial charge on any atom is -0.478 e. The third-order valence-electron chi connectivity index (χ3n) is 3.63. The summed E-state index contributed by atoms with van der Waals surface area (Å²) in [6.07, 6.45) is -3.42. The summed E-state index contributed by atoms with van der Waals surface area (Å²) in [7, 11) is 0. The second-order valence-electron chi connectivity index (χ2n) is 5.49. The second kappa shape index (κ2) is 7.61. The van der Waals surface area contributed by atoms with Gasteiger partial charge in [-0.05, 0) is 25.0 Å². The summed E-state index contributed by atoms with van der Waals surface area (Å²) in [4.78, 5) is 28.4. The van der Waals surface area contributed by atoms with Crippen LogP contribution in [0.1, 0.15) is 40.1 Å². The quantitative estimate of drug-likeness (QED) is 0.885. The zero-order valence-corrected chi connectivity index (χ0v) is 12.8. The van der Waals surface area contributed by atoms with E-state index in [-0.39, 0.29) is 17.8 Å². The van der Waals surface area contributed by atoms with Crippen LogP contribution < -0.4 is 0 Å². The van der Waals surface area contributed by atoms with Crippen LogP contribution in [0.4, 0.5) is 13.2 Å². The maximum absolute atomic E-state index is 12.3. The van der Waals surface area contributed by atoms with Gasteiger partial charge in [-0.2, -0.15) is 13.2 Å². The van der Waals surface area contributed by atoms with Crippen LogP contribution in [0.3, 0.4) is 0 Å². The Balaban J connectivity index is 1.91. The van der Waals surface area contributed by atoms with Gasteiger partial charge in [-0.25, -0.2) is 4.79 Å². The van der Waals surface area contributed by atoms with Gasteiger partial charge >= 0.3 is 12.1 Å². The molecule has 1 aliphatic rings. The molecular formula is C15H17F3N2O4. The molecule has 132 valence electrons. The van der Waals surface area contributed by atoms with Crippen LogP contribution in [0, 0.1) is 0 Å². The number of carboxylic acid groups (broad SMARTS) is 1. The van der Waals surface area contributed by atoms with Crippen LogP contribution in [0.5, 0.6) is 0 Å². The Bertz CT molecular complexity index is 589. The summed E-state index contributed by atoms with van der Waals surface area (Å²) in [6.45, 7) is 0.223. The lowest BCUT2D eigenvalue weighted by Gasteiger charge is -2.32. The summed E-state index contributed by atoms with van der Waals surface area (Å²) < 4.78 is 41.6. The zero-order valence-electron chi connectivity index (χ0n) is 12.8. The van der Waals surface area contributed by atoms with Crippen LogP contribution in [0.2, 0.25) is 0 Å². The first-order chi connectivity index (χ1) is 11.3. The lowest BCUT2D eigenvalue weighted by atomic mass is 10.1. The van der Waals surface area contributed by atoms with E-state index in [0.29, 0.717) is 19.4 Å². The number of carboxylic acids is 1. The van der Waals surface area contributed by atoms with Crippen molar-refractivity contribution in [3.63, 3.8) is 0 Å². The van der Waals surface area contributed by atoms with Crippen LogP contribution in [0.15, 0.2) is 18.3 Å². The first-order valence-electron chi connectivity index (χ1n) is 7.43. The number of alkyl halides is 3. The maximum atomic E-state index is 12.3. The van der Waals surface area contributed by atoms with Crippen LogP contribution in [0.25, 0.3) is 0 Å². The number of nitrogens with zero attached hydrogens (tertiary/aromatic N) is 2. The molecule has 0 bridgehead atoms. The van der Waals surface area contributed by atoms with E-state index < -0.39 is 37.2 Å². The molecule has 2 heterocycles. The minimum atomic E-state index is -4.26. The summed E-state index contributed by atoms with van der Waals surface area (Å²) in [5.74, 6) is -1.53. The number of piperidine rings is 1. The molecule has 1 N–H and O–H groups in total. The Morgan fingerprint density at radius 2 is 2.12 bits per heavy atom. The number of aromatic carboxylic acids is 1. The molecule has 9 heteroatoms. The summed E-state index contributed by atoms with van der Waals surface area (Å²) >= 11 is 0. The third-order valence-corrected chi connectivity index (χ3v) is 3.63. The van der Waals surface area contributed by atoms with Gasteiger partial charge < -0.3 is 14.7 Å². The fourth-order valence-corrected chi connectivity index (χ4v) is 2.41. The van der Waals surface area contributed by atoms with Gasteiger partial charge in [0.2, 0.25) is 0 Å². The van der Waals surface area contributed by atoms with Gasteiger partial charge in [0.1, 0.15) is 5.69 Å². The molecule has 0 aliphatic carbocycles. The Morgan fingerprint density at radius 3 is 2.71 bits per heavy atom. The SMILES string of the molecule is O=C(O)c1ccc(C(=O)N2CCCC(OCCC(F)(F)F)C2)nc1. The predicted molar refractivity (Wildman–Crippen MR) is 76.7 cm³/mol. The Kier molecular flexibility index (Phi) is 5.76. The fourth-order valence-electron chi connectivity index (χ4n) is 2.41. The number of hydrogen-bond donors (Lipinski definition) is 1. The maximum Gasteiger partial charge on any atom is 0.391 e. The second-order valence-corrected chi connectivity index (χ2v) is 5.49. The molecule has 0 radical (unpaired) electrons. The Hall–Kier alpha value is -2.16. The topological polar surface area (TPSA) is 79.7 Å². The van der Waals surface area contributed by atoms with Crippen molar-refractivity contribution in [3.05, 3.63) is 29.6 Å². The number of rotatable bonds is 5. The molecule has 1 amide bonds. The van der Waals surface area contributed by atoms with Crippen molar-refractivity contribution < 1.29 is 32.6 Å². The van der Waals surface area contributed by atoms with E-state index in [1.54, 1.807) is 0 Å². The molecular weight excluding hydrogens is 329 g/mol. The predicted octanol–water partition coefficient (Wildman–Crippen LogP) is 2.35. The number of pyridine rings is 1. The molecule has 6 nitrogen and oxygen atoms in total. The number of ether oxygens (including phenoxy) is 1. The van der Waals surface area contributed by atoms with E-state index in [9.17, 15) is 22.8 Å².